The van der Waals surface area contributed by atoms with Crippen LogP contribution in [0, 0.1) is 0 Å². The summed E-state index contributed by atoms with van der Waals surface area (Å²) in [6.45, 7) is 0. The molecule has 1 unspecified atom stereocenters. The zero-order valence-electron chi connectivity index (χ0n) is 11.1. The van der Waals surface area contributed by atoms with Gasteiger partial charge in [-0.15, -0.1) is 0 Å². The molecule has 0 radical (unpaired) electrons. The number of benzene rings is 2. The van der Waals surface area contributed by atoms with Crippen LogP contribution in [0.15, 0.2) is 60.9 Å². The molecule has 2 aromatic carbocycles. The summed E-state index contributed by atoms with van der Waals surface area (Å²) in [5.74, 6) is 0. The zero-order valence-corrected chi connectivity index (χ0v) is 12.6. The Balaban J connectivity index is 1.92. The van der Waals surface area contributed by atoms with Crippen molar-refractivity contribution in [2.45, 2.75) is 6.04 Å². The van der Waals surface area contributed by atoms with E-state index in [4.69, 9.17) is 28.9 Å². The van der Waals surface area contributed by atoms with E-state index in [0.717, 1.165) is 16.8 Å². The Kier molecular flexibility index (Phi) is 3.97. The monoisotopic (exact) mass is 317 g/mol. The molecule has 0 saturated carbocycles. The second kappa shape index (κ2) is 5.90. The Labute approximate surface area is 132 Å². The van der Waals surface area contributed by atoms with Gasteiger partial charge in [-0.2, -0.15) is 5.10 Å². The van der Waals surface area contributed by atoms with E-state index < -0.39 is 0 Å². The quantitative estimate of drug-likeness (QED) is 0.785. The number of nitrogens with two attached hydrogens (primary N) is 1. The molecule has 0 fully saturated rings. The van der Waals surface area contributed by atoms with E-state index in [1.165, 1.54) is 0 Å². The van der Waals surface area contributed by atoms with Crippen molar-refractivity contribution in [3.8, 4) is 5.69 Å². The fourth-order valence-electron chi connectivity index (χ4n) is 2.17. The highest BCUT2D eigenvalue weighted by Crippen LogP contribution is 2.26. The Morgan fingerprint density at radius 3 is 2.29 bits per heavy atom. The van der Waals surface area contributed by atoms with Gasteiger partial charge in [-0.25, -0.2) is 4.68 Å². The number of aromatic nitrogens is 2. The molecule has 0 amide bonds. The molecule has 1 atom stereocenters. The van der Waals surface area contributed by atoms with Crippen molar-refractivity contribution in [1.82, 2.24) is 9.78 Å². The fourth-order valence-corrected chi connectivity index (χ4v) is 2.71. The van der Waals surface area contributed by atoms with Crippen LogP contribution in [0.25, 0.3) is 5.69 Å². The molecule has 3 rings (SSSR count). The molecule has 3 nitrogen and oxygen atoms in total. The second-order valence-electron chi connectivity index (χ2n) is 4.73. The Morgan fingerprint density at radius 2 is 1.62 bits per heavy atom. The lowest BCUT2D eigenvalue weighted by Crippen LogP contribution is -2.11. The van der Waals surface area contributed by atoms with Crippen molar-refractivity contribution in [3.63, 3.8) is 0 Å². The minimum absolute atomic E-state index is 0.321. The third-order valence-corrected chi connectivity index (χ3v) is 3.66. The molecule has 0 aliphatic carbocycles. The minimum atomic E-state index is -0.321. The summed E-state index contributed by atoms with van der Waals surface area (Å²) in [6, 6.07) is 14.9. The molecule has 0 aliphatic heterocycles. The third-order valence-electron chi connectivity index (χ3n) is 3.23. The lowest BCUT2D eigenvalue weighted by molar-refractivity contribution is 0.862. The summed E-state index contributed by atoms with van der Waals surface area (Å²) in [5.41, 5.74) is 9.02. The van der Waals surface area contributed by atoms with Gasteiger partial charge in [-0.3, -0.25) is 0 Å². The number of hydrogen-bond acceptors (Lipinski definition) is 2. The molecule has 0 bridgehead atoms. The Bertz CT molecular complexity index is 733. The highest BCUT2D eigenvalue weighted by atomic mass is 35.5. The number of nitrogens with zero attached hydrogens (tertiary/aromatic N) is 2. The van der Waals surface area contributed by atoms with Crippen LogP contribution in [0.1, 0.15) is 17.2 Å². The van der Waals surface area contributed by atoms with Crippen LogP contribution in [-0.2, 0) is 0 Å². The fraction of sp³-hybridized carbons (Fsp3) is 0.0625. The van der Waals surface area contributed by atoms with Gasteiger partial charge in [0.2, 0.25) is 0 Å². The topological polar surface area (TPSA) is 43.8 Å². The first-order chi connectivity index (χ1) is 10.1. The summed E-state index contributed by atoms with van der Waals surface area (Å²) in [4.78, 5) is 0. The molecule has 3 aromatic rings. The number of para-hydroxylation sites is 1. The van der Waals surface area contributed by atoms with Crippen molar-refractivity contribution in [1.29, 1.82) is 0 Å². The van der Waals surface area contributed by atoms with Crippen molar-refractivity contribution in [2.24, 2.45) is 5.73 Å². The van der Waals surface area contributed by atoms with Crippen LogP contribution < -0.4 is 5.73 Å². The first kappa shape index (κ1) is 14.1. The summed E-state index contributed by atoms with van der Waals surface area (Å²) < 4.78 is 1.79. The van der Waals surface area contributed by atoms with Gasteiger partial charge >= 0.3 is 0 Å². The molecular weight excluding hydrogens is 305 g/mol. The van der Waals surface area contributed by atoms with Gasteiger partial charge in [0.25, 0.3) is 0 Å². The van der Waals surface area contributed by atoms with Crippen LogP contribution in [0.4, 0.5) is 0 Å². The standard InChI is InChI=1S/C16H13Cl2N3/c17-13-6-11(7-14(18)8-13)16(19)12-9-20-21(10-12)15-4-2-1-3-5-15/h1-10,16H,19H2. The largest absolute Gasteiger partial charge is 0.320 e. The predicted octanol–water partition coefficient (Wildman–Crippen LogP) is 4.23. The van der Waals surface area contributed by atoms with Gasteiger partial charge in [0.05, 0.1) is 17.9 Å². The third kappa shape index (κ3) is 3.10. The molecule has 0 aliphatic rings. The summed E-state index contributed by atoms with van der Waals surface area (Å²) in [6.07, 6.45) is 3.67. The molecule has 2 N–H and O–H groups in total. The second-order valence-corrected chi connectivity index (χ2v) is 5.61. The average Bonchev–Trinajstić information content (AvgIpc) is 2.96. The van der Waals surface area contributed by atoms with Gasteiger partial charge in [-0.05, 0) is 35.9 Å². The SMILES string of the molecule is NC(c1cc(Cl)cc(Cl)c1)c1cnn(-c2ccccc2)c1. The van der Waals surface area contributed by atoms with Crippen molar-refractivity contribution in [2.75, 3.05) is 0 Å². The van der Waals surface area contributed by atoms with Gasteiger partial charge in [-0.1, -0.05) is 41.4 Å². The summed E-state index contributed by atoms with van der Waals surface area (Å²) in [5, 5.41) is 5.49. The van der Waals surface area contributed by atoms with Crippen molar-refractivity contribution >= 4 is 23.2 Å². The van der Waals surface area contributed by atoms with Crippen molar-refractivity contribution in [3.05, 3.63) is 82.1 Å². The van der Waals surface area contributed by atoms with Gasteiger partial charge in [0.1, 0.15) is 0 Å². The van der Waals surface area contributed by atoms with Gasteiger partial charge < -0.3 is 5.73 Å². The van der Waals surface area contributed by atoms with E-state index in [1.54, 1.807) is 16.9 Å². The van der Waals surface area contributed by atoms with E-state index in [-0.39, 0.29) is 6.04 Å². The molecule has 21 heavy (non-hydrogen) atoms. The minimum Gasteiger partial charge on any atom is -0.320 e. The molecular formula is C16H13Cl2N3. The molecule has 5 heteroatoms. The van der Waals surface area contributed by atoms with Gasteiger partial charge in [0, 0.05) is 21.8 Å². The Morgan fingerprint density at radius 1 is 0.952 bits per heavy atom. The van der Waals surface area contributed by atoms with E-state index in [9.17, 15) is 0 Å². The van der Waals surface area contributed by atoms with Crippen LogP contribution in [-0.4, -0.2) is 9.78 Å². The molecule has 0 spiro atoms. The van der Waals surface area contributed by atoms with E-state index in [1.807, 2.05) is 48.7 Å². The van der Waals surface area contributed by atoms with Gasteiger partial charge in [0.15, 0.2) is 0 Å². The zero-order chi connectivity index (χ0) is 14.8. The first-order valence-electron chi connectivity index (χ1n) is 6.45. The van der Waals surface area contributed by atoms with E-state index in [2.05, 4.69) is 5.10 Å². The maximum atomic E-state index is 6.27. The summed E-state index contributed by atoms with van der Waals surface area (Å²) >= 11 is 12.0. The average molecular weight is 318 g/mol. The molecule has 106 valence electrons. The van der Waals surface area contributed by atoms with Crippen LogP contribution >= 0.6 is 23.2 Å². The van der Waals surface area contributed by atoms with Crippen LogP contribution in [0.3, 0.4) is 0 Å². The number of hydrogen-bond donors (Lipinski definition) is 1. The van der Waals surface area contributed by atoms with E-state index in [0.29, 0.717) is 10.0 Å². The first-order valence-corrected chi connectivity index (χ1v) is 7.20. The maximum absolute atomic E-state index is 6.27. The van der Waals surface area contributed by atoms with Crippen molar-refractivity contribution < 1.29 is 0 Å². The number of halogens is 2. The molecule has 1 heterocycles. The highest BCUT2D eigenvalue weighted by Gasteiger charge is 2.13. The summed E-state index contributed by atoms with van der Waals surface area (Å²) in [7, 11) is 0. The normalized spacial score (nSPS) is 12.3. The highest BCUT2D eigenvalue weighted by molar-refractivity contribution is 6.34. The van der Waals surface area contributed by atoms with E-state index >= 15 is 0 Å². The molecule has 0 saturated heterocycles. The lowest BCUT2D eigenvalue weighted by atomic mass is 10.0. The smallest absolute Gasteiger partial charge is 0.0645 e. The molecule has 1 aromatic heterocycles. The van der Waals surface area contributed by atoms with Crippen LogP contribution in [0.2, 0.25) is 10.0 Å². The lowest BCUT2D eigenvalue weighted by Gasteiger charge is -2.11. The number of rotatable bonds is 3. The maximum Gasteiger partial charge on any atom is 0.0645 e. The Hall–Kier alpha value is -1.81. The predicted molar refractivity (Wildman–Crippen MR) is 86.1 cm³/mol. The van der Waals surface area contributed by atoms with Crippen LogP contribution in [0.5, 0.6) is 0 Å².